The first kappa shape index (κ1) is 24.1. The third-order valence-corrected chi connectivity index (χ3v) is 7.23. The smallest absolute Gasteiger partial charge is 0.181 e. The normalized spacial score (nSPS) is 11.9. The van der Waals surface area contributed by atoms with E-state index in [0.29, 0.717) is 5.65 Å². The second-order valence-electron chi connectivity index (χ2n) is 10.7. The van der Waals surface area contributed by atoms with Crippen LogP contribution in [0.25, 0.3) is 54.9 Å². The predicted octanol–water partition coefficient (Wildman–Crippen LogP) is 8.40. The maximum atomic E-state index is 13.7. The van der Waals surface area contributed by atoms with Gasteiger partial charge in [-0.25, -0.2) is 4.98 Å². The molecule has 6 rings (SSSR count). The van der Waals surface area contributed by atoms with E-state index in [1.165, 1.54) is 6.07 Å². The number of nitrogens with one attached hydrogen (secondary N) is 3. The minimum absolute atomic E-state index is 0.144. The molecule has 0 aliphatic heterocycles. The van der Waals surface area contributed by atoms with E-state index < -0.39 is 0 Å². The standard InChI is InChI=1S/C30H27FN6S/c1-17(13-30(2,3)4)34-20-10-18(14-32-16-20)19-11-23-28(36-37-29(23)33-15-19)25-12-22-21(6-5-7-24(22)35-25)26-8-9-27(31)38-26/h5-12,14-16,34-35H,1,13H2,2-4H3,(H,33,36,37). The summed E-state index contributed by atoms with van der Waals surface area (Å²) in [7, 11) is 0. The number of hydrogen-bond acceptors (Lipinski definition) is 5. The summed E-state index contributed by atoms with van der Waals surface area (Å²) >= 11 is 1.14. The lowest BCUT2D eigenvalue weighted by molar-refractivity contribution is 0.411. The number of anilines is 1. The summed E-state index contributed by atoms with van der Waals surface area (Å²) in [6, 6.07) is 15.5. The molecule has 0 bridgehead atoms. The fourth-order valence-electron chi connectivity index (χ4n) is 4.78. The van der Waals surface area contributed by atoms with Gasteiger partial charge in [-0.2, -0.15) is 9.49 Å². The summed E-state index contributed by atoms with van der Waals surface area (Å²) in [5.74, 6) is 0. The minimum atomic E-state index is -0.196. The van der Waals surface area contributed by atoms with Crippen molar-refractivity contribution in [3.8, 4) is 33.0 Å². The molecule has 5 heterocycles. The molecule has 3 N–H and O–H groups in total. The van der Waals surface area contributed by atoms with Gasteiger partial charge in [-0.15, -0.1) is 11.3 Å². The minimum Gasteiger partial charge on any atom is -0.358 e. The summed E-state index contributed by atoms with van der Waals surface area (Å²) in [5.41, 5.74) is 8.17. The maximum Gasteiger partial charge on any atom is 0.181 e. The third-order valence-electron chi connectivity index (χ3n) is 6.32. The first-order valence-corrected chi connectivity index (χ1v) is 13.2. The van der Waals surface area contributed by atoms with Crippen molar-refractivity contribution in [2.75, 3.05) is 5.32 Å². The van der Waals surface area contributed by atoms with Crippen molar-refractivity contribution >= 4 is 39.0 Å². The van der Waals surface area contributed by atoms with Gasteiger partial charge in [0.1, 0.15) is 0 Å². The molecular formula is C30H27FN6S. The van der Waals surface area contributed by atoms with Crippen LogP contribution >= 0.6 is 11.3 Å². The van der Waals surface area contributed by atoms with Crippen LogP contribution in [0.3, 0.4) is 0 Å². The lowest BCUT2D eigenvalue weighted by Gasteiger charge is -2.20. The number of H-pyrrole nitrogens is 2. The predicted molar refractivity (Wildman–Crippen MR) is 155 cm³/mol. The molecule has 6 nitrogen and oxygen atoms in total. The quantitative estimate of drug-likeness (QED) is 0.205. The van der Waals surface area contributed by atoms with Crippen LogP contribution in [0.1, 0.15) is 27.2 Å². The summed E-state index contributed by atoms with van der Waals surface area (Å²) in [6.45, 7) is 10.7. The van der Waals surface area contributed by atoms with Crippen LogP contribution in [0, 0.1) is 10.5 Å². The van der Waals surface area contributed by atoms with E-state index in [1.54, 1.807) is 6.20 Å². The number of hydrogen-bond donors (Lipinski definition) is 3. The Morgan fingerprint density at radius 2 is 1.87 bits per heavy atom. The highest BCUT2D eigenvalue weighted by molar-refractivity contribution is 7.14. The van der Waals surface area contributed by atoms with Crippen LogP contribution in [0.2, 0.25) is 0 Å². The number of benzene rings is 1. The Hall–Kier alpha value is -4.30. The molecule has 6 aromatic rings. The first-order valence-electron chi connectivity index (χ1n) is 12.4. The lowest BCUT2D eigenvalue weighted by Crippen LogP contribution is -2.10. The lowest BCUT2D eigenvalue weighted by atomic mass is 9.91. The number of allylic oxidation sites excluding steroid dienone is 1. The molecule has 0 unspecified atom stereocenters. The Labute approximate surface area is 223 Å². The van der Waals surface area contributed by atoms with Gasteiger partial charge in [0.25, 0.3) is 0 Å². The molecule has 8 heteroatoms. The van der Waals surface area contributed by atoms with Crippen LogP contribution in [0.15, 0.2) is 79.4 Å². The van der Waals surface area contributed by atoms with E-state index in [1.807, 2.05) is 36.7 Å². The molecule has 190 valence electrons. The fourth-order valence-corrected chi connectivity index (χ4v) is 5.55. The van der Waals surface area contributed by atoms with E-state index in [4.69, 9.17) is 0 Å². The Morgan fingerprint density at radius 3 is 2.66 bits per heavy atom. The van der Waals surface area contributed by atoms with Crippen molar-refractivity contribution in [2.45, 2.75) is 27.2 Å². The number of aromatic amines is 2. The number of aromatic nitrogens is 5. The van der Waals surface area contributed by atoms with Gasteiger partial charge in [-0.3, -0.25) is 10.1 Å². The number of pyridine rings is 2. The van der Waals surface area contributed by atoms with Gasteiger partial charge in [0, 0.05) is 55.9 Å². The van der Waals surface area contributed by atoms with E-state index in [2.05, 4.69) is 76.0 Å². The zero-order valence-electron chi connectivity index (χ0n) is 21.4. The zero-order chi connectivity index (χ0) is 26.4. The Balaban J connectivity index is 1.36. The van der Waals surface area contributed by atoms with Gasteiger partial charge in [-0.1, -0.05) is 39.5 Å². The van der Waals surface area contributed by atoms with Crippen molar-refractivity contribution in [3.05, 3.63) is 84.5 Å². The second kappa shape index (κ2) is 9.22. The highest BCUT2D eigenvalue weighted by Gasteiger charge is 2.16. The number of nitrogens with zero attached hydrogens (tertiary/aromatic N) is 3. The Kier molecular flexibility index (Phi) is 5.84. The maximum absolute atomic E-state index is 13.7. The molecule has 0 aliphatic rings. The van der Waals surface area contributed by atoms with Gasteiger partial charge < -0.3 is 10.3 Å². The SMILES string of the molecule is C=C(CC(C)(C)C)Nc1cncc(-c2cnc3n[nH]c(-c4cc5c(-c6ccc(F)s6)cccc5[nH]4)c3c2)c1. The van der Waals surface area contributed by atoms with Crippen LogP contribution in [0.5, 0.6) is 0 Å². The average Bonchev–Trinajstić information content (AvgIpc) is 3.60. The summed E-state index contributed by atoms with van der Waals surface area (Å²) in [5, 5.41) is 12.7. The molecule has 0 atom stereocenters. The molecule has 0 spiro atoms. The topological polar surface area (TPSA) is 82.3 Å². The van der Waals surface area contributed by atoms with Crippen molar-refractivity contribution in [1.29, 1.82) is 0 Å². The highest BCUT2D eigenvalue weighted by Crippen LogP contribution is 2.37. The van der Waals surface area contributed by atoms with Gasteiger partial charge in [0.2, 0.25) is 0 Å². The number of thiophene rings is 1. The van der Waals surface area contributed by atoms with Crippen molar-refractivity contribution in [2.24, 2.45) is 5.41 Å². The Morgan fingerprint density at radius 1 is 1.03 bits per heavy atom. The van der Waals surface area contributed by atoms with E-state index in [0.717, 1.165) is 78.4 Å². The van der Waals surface area contributed by atoms with Crippen LogP contribution < -0.4 is 5.32 Å². The third kappa shape index (κ3) is 4.70. The second-order valence-corrected chi connectivity index (χ2v) is 11.7. The Bertz CT molecular complexity index is 1800. The van der Waals surface area contributed by atoms with Gasteiger partial charge in [0.15, 0.2) is 10.8 Å². The molecule has 0 radical (unpaired) electrons. The molecule has 1 aromatic carbocycles. The molecule has 0 aliphatic carbocycles. The number of rotatable bonds is 6. The molecule has 0 saturated heterocycles. The molecular weight excluding hydrogens is 495 g/mol. The van der Waals surface area contributed by atoms with E-state index in [-0.39, 0.29) is 10.5 Å². The molecule has 38 heavy (non-hydrogen) atoms. The van der Waals surface area contributed by atoms with Crippen molar-refractivity contribution in [3.63, 3.8) is 0 Å². The van der Waals surface area contributed by atoms with Crippen molar-refractivity contribution < 1.29 is 4.39 Å². The van der Waals surface area contributed by atoms with Crippen molar-refractivity contribution in [1.82, 2.24) is 25.1 Å². The summed E-state index contributed by atoms with van der Waals surface area (Å²) in [6.07, 6.45) is 6.30. The highest BCUT2D eigenvalue weighted by atomic mass is 32.1. The number of halogens is 1. The van der Waals surface area contributed by atoms with Gasteiger partial charge in [-0.05, 0) is 48.2 Å². The van der Waals surface area contributed by atoms with E-state index in [9.17, 15) is 4.39 Å². The molecule has 0 saturated carbocycles. The van der Waals surface area contributed by atoms with Crippen LogP contribution in [-0.4, -0.2) is 25.1 Å². The van der Waals surface area contributed by atoms with Crippen LogP contribution in [0.4, 0.5) is 10.1 Å². The first-order chi connectivity index (χ1) is 18.2. The molecule has 0 fully saturated rings. The zero-order valence-corrected chi connectivity index (χ0v) is 22.2. The van der Waals surface area contributed by atoms with Gasteiger partial charge >= 0.3 is 0 Å². The average molecular weight is 523 g/mol. The summed E-state index contributed by atoms with van der Waals surface area (Å²) < 4.78 is 13.7. The number of fused-ring (bicyclic) bond motifs is 2. The largest absolute Gasteiger partial charge is 0.358 e. The van der Waals surface area contributed by atoms with Gasteiger partial charge in [0.05, 0.1) is 23.3 Å². The monoisotopic (exact) mass is 522 g/mol. The molecule has 0 amide bonds. The summed E-state index contributed by atoms with van der Waals surface area (Å²) in [4.78, 5) is 13.4. The molecule has 5 aromatic heterocycles. The van der Waals surface area contributed by atoms with Crippen LogP contribution in [-0.2, 0) is 0 Å². The van der Waals surface area contributed by atoms with E-state index >= 15 is 0 Å². The fraction of sp³-hybridized carbons (Fsp3) is 0.167.